The van der Waals surface area contributed by atoms with E-state index in [-0.39, 0.29) is 11.3 Å². The summed E-state index contributed by atoms with van der Waals surface area (Å²) in [4.78, 5) is 24.2. The molecule has 0 fully saturated rings. The van der Waals surface area contributed by atoms with Gasteiger partial charge in [-0.05, 0) is 18.8 Å². The Balaban J connectivity index is 1.98. The maximum absolute atomic E-state index is 12.1. The SMILES string of the molecule is CC(C)CCCCCCC1=C(O)c2ccccc2C(=O)C1=O. The highest BCUT2D eigenvalue weighted by Gasteiger charge is 2.31. The minimum Gasteiger partial charge on any atom is -0.507 e. The minimum atomic E-state index is -0.543. The Morgan fingerprint density at radius 1 is 0.909 bits per heavy atom. The number of carbonyl (C=O) groups is 2. The van der Waals surface area contributed by atoms with Crippen LogP contribution in [0.4, 0.5) is 0 Å². The Bertz CT molecular complexity index is 596. The summed E-state index contributed by atoms with van der Waals surface area (Å²) in [5.74, 6) is -0.329. The first kappa shape index (κ1) is 16.5. The third-order valence-electron chi connectivity index (χ3n) is 4.15. The van der Waals surface area contributed by atoms with Crippen LogP contribution in [0.1, 0.15) is 68.3 Å². The molecule has 0 atom stereocenters. The number of benzene rings is 1. The smallest absolute Gasteiger partial charge is 0.234 e. The molecule has 1 N–H and O–H groups in total. The van der Waals surface area contributed by atoms with E-state index in [2.05, 4.69) is 13.8 Å². The first-order valence-electron chi connectivity index (χ1n) is 8.13. The molecule has 0 radical (unpaired) electrons. The van der Waals surface area contributed by atoms with Crippen molar-refractivity contribution in [1.82, 2.24) is 0 Å². The van der Waals surface area contributed by atoms with Crippen LogP contribution in [0.2, 0.25) is 0 Å². The lowest BCUT2D eigenvalue weighted by Gasteiger charge is -2.17. The molecule has 1 aliphatic rings. The number of aliphatic hydroxyl groups is 1. The van der Waals surface area contributed by atoms with Gasteiger partial charge < -0.3 is 5.11 Å². The van der Waals surface area contributed by atoms with Crippen LogP contribution in [0.3, 0.4) is 0 Å². The first-order valence-corrected chi connectivity index (χ1v) is 8.13. The van der Waals surface area contributed by atoms with Crippen molar-refractivity contribution in [2.45, 2.75) is 52.4 Å². The van der Waals surface area contributed by atoms with Gasteiger partial charge in [0.15, 0.2) is 0 Å². The highest BCUT2D eigenvalue weighted by Crippen LogP contribution is 2.30. The fourth-order valence-corrected chi connectivity index (χ4v) is 2.86. The molecule has 3 heteroatoms. The molecule has 0 saturated heterocycles. The second-order valence-electron chi connectivity index (χ2n) is 6.38. The number of aliphatic hydroxyl groups excluding tert-OH is 1. The minimum absolute atomic E-state index is 0.0117. The zero-order chi connectivity index (χ0) is 16.1. The van der Waals surface area contributed by atoms with Crippen molar-refractivity contribution >= 4 is 17.3 Å². The van der Waals surface area contributed by atoms with Gasteiger partial charge in [-0.1, -0.05) is 63.8 Å². The third-order valence-corrected chi connectivity index (χ3v) is 4.15. The van der Waals surface area contributed by atoms with Gasteiger partial charge in [0.1, 0.15) is 5.76 Å². The van der Waals surface area contributed by atoms with E-state index in [1.165, 1.54) is 12.8 Å². The second kappa shape index (κ2) is 7.39. The summed E-state index contributed by atoms with van der Waals surface area (Å²) in [5, 5.41) is 10.3. The van der Waals surface area contributed by atoms with Crippen molar-refractivity contribution in [3.05, 3.63) is 41.0 Å². The Kier molecular flexibility index (Phi) is 5.53. The summed E-state index contributed by atoms with van der Waals surface area (Å²) in [6.45, 7) is 4.43. The highest BCUT2D eigenvalue weighted by molar-refractivity contribution is 6.52. The molecule has 0 bridgehead atoms. The largest absolute Gasteiger partial charge is 0.507 e. The van der Waals surface area contributed by atoms with Gasteiger partial charge in [0.05, 0.1) is 0 Å². The van der Waals surface area contributed by atoms with E-state index in [1.807, 2.05) is 0 Å². The van der Waals surface area contributed by atoms with Crippen LogP contribution in [0, 0.1) is 5.92 Å². The van der Waals surface area contributed by atoms with E-state index >= 15 is 0 Å². The Morgan fingerprint density at radius 2 is 1.55 bits per heavy atom. The van der Waals surface area contributed by atoms with Gasteiger partial charge in [-0.15, -0.1) is 0 Å². The van der Waals surface area contributed by atoms with Crippen LogP contribution in [0.25, 0.3) is 5.76 Å². The van der Waals surface area contributed by atoms with Gasteiger partial charge >= 0.3 is 0 Å². The molecule has 118 valence electrons. The summed E-state index contributed by atoms with van der Waals surface area (Å²) in [6.07, 6.45) is 5.87. The highest BCUT2D eigenvalue weighted by atomic mass is 16.3. The number of unbranched alkanes of at least 4 members (excludes halogenated alkanes) is 3. The molecule has 0 amide bonds. The molecule has 1 aliphatic carbocycles. The average molecular weight is 300 g/mol. The van der Waals surface area contributed by atoms with Crippen molar-refractivity contribution in [2.24, 2.45) is 5.92 Å². The van der Waals surface area contributed by atoms with Crippen LogP contribution in [-0.2, 0) is 4.79 Å². The van der Waals surface area contributed by atoms with Crippen LogP contribution < -0.4 is 0 Å². The summed E-state index contributed by atoms with van der Waals surface area (Å²) in [6, 6.07) is 6.75. The van der Waals surface area contributed by atoms with Gasteiger partial charge in [0, 0.05) is 16.7 Å². The van der Waals surface area contributed by atoms with Gasteiger partial charge in [-0.25, -0.2) is 0 Å². The molecule has 1 aromatic rings. The van der Waals surface area contributed by atoms with Crippen molar-refractivity contribution in [3.8, 4) is 0 Å². The molecule has 0 aromatic heterocycles. The van der Waals surface area contributed by atoms with Crippen molar-refractivity contribution in [3.63, 3.8) is 0 Å². The fraction of sp³-hybridized carbons (Fsp3) is 0.474. The standard InChI is InChI=1S/C19H24O3/c1-13(2)9-5-3-4-6-12-16-17(20)14-10-7-8-11-15(14)18(21)19(16)22/h7-8,10-11,13,20H,3-6,9,12H2,1-2H3. The molecule has 2 rings (SSSR count). The maximum Gasteiger partial charge on any atom is 0.234 e. The molecule has 1 aromatic carbocycles. The van der Waals surface area contributed by atoms with Gasteiger partial charge in [-0.2, -0.15) is 0 Å². The lowest BCUT2D eigenvalue weighted by molar-refractivity contribution is -0.112. The number of hydrogen-bond donors (Lipinski definition) is 1. The molecule has 0 spiro atoms. The van der Waals surface area contributed by atoms with E-state index in [0.29, 0.717) is 17.5 Å². The fourth-order valence-electron chi connectivity index (χ4n) is 2.86. The van der Waals surface area contributed by atoms with E-state index < -0.39 is 11.6 Å². The topological polar surface area (TPSA) is 54.4 Å². The normalized spacial score (nSPS) is 14.7. The van der Waals surface area contributed by atoms with Crippen molar-refractivity contribution in [2.75, 3.05) is 0 Å². The summed E-state index contributed by atoms with van der Waals surface area (Å²) < 4.78 is 0. The number of carbonyl (C=O) groups excluding carboxylic acids is 2. The summed E-state index contributed by atoms with van der Waals surface area (Å²) in [5.41, 5.74) is 1.08. The maximum atomic E-state index is 12.1. The van der Waals surface area contributed by atoms with Gasteiger partial charge in [-0.3, -0.25) is 9.59 Å². The number of ketones is 2. The molecule has 0 unspecified atom stereocenters. The number of hydrogen-bond acceptors (Lipinski definition) is 3. The van der Waals surface area contributed by atoms with E-state index in [4.69, 9.17) is 0 Å². The molecule has 0 aliphatic heterocycles. The van der Waals surface area contributed by atoms with Crippen molar-refractivity contribution < 1.29 is 14.7 Å². The second-order valence-corrected chi connectivity index (χ2v) is 6.38. The van der Waals surface area contributed by atoms with E-state index in [0.717, 1.165) is 25.2 Å². The number of allylic oxidation sites excluding steroid dienone is 1. The third kappa shape index (κ3) is 3.65. The van der Waals surface area contributed by atoms with Gasteiger partial charge in [0.25, 0.3) is 0 Å². The Hall–Kier alpha value is -1.90. The predicted octanol–water partition coefficient (Wildman–Crippen LogP) is 4.72. The molecular formula is C19H24O3. The Morgan fingerprint density at radius 3 is 2.23 bits per heavy atom. The zero-order valence-corrected chi connectivity index (χ0v) is 13.4. The lowest BCUT2D eigenvalue weighted by atomic mass is 9.86. The molecular weight excluding hydrogens is 276 g/mol. The molecule has 22 heavy (non-hydrogen) atoms. The van der Waals surface area contributed by atoms with E-state index in [9.17, 15) is 14.7 Å². The lowest BCUT2D eigenvalue weighted by Crippen LogP contribution is -2.24. The van der Waals surface area contributed by atoms with E-state index in [1.54, 1.807) is 24.3 Å². The van der Waals surface area contributed by atoms with Crippen LogP contribution in [0.5, 0.6) is 0 Å². The average Bonchev–Trinajstić information content (AvgIpc) is 2.51. The van der Waals surface area contributed by atoms with Gasteiger partial charge in [0.2, 0.25) is 11.6 Å². The monoisotopic (exact) mass is 300 g/mol. The predicted molar refractivity (Wildman–Crippen MR) is 87.9 cm³/mol. The molecule has 0 heterocycles. The number of rotatable bonds is 7. The number of fused-ring (bicyclic) bond motifs is 1. The van der Waals surface area contributed by atoms with Crippen LogP contribution in [0.15, 0.2) is 29.8 Å². The Labute approximate surface area is 132 Å². The summed E-state index contributed by atoms with van der Waals surface area (Å²) >= 11 is 0. The van der Waals surface area contributed by atoms with Crippen LogP contribution >= 0.6 is 0 Å². The first-order chi connectivity index (χ1) is 10.5. The number of Topliss-reactive ketones (excluding diaryl/α,β-unsaturated/α-hetero) is 2. The molecule has 3 nitrogen and oxygen atoms in total. The summed E-state index contributed by atoms with van der Waals surface area (Å²) in [7, 11) is 0. The van der Waals surface area contributed by atoms with Crippen molar-refractivity contribution in [1.29, 1.82) is 0 Å². The quantitative estimate of drug-likeness (QED) is 0.585. The zero-order valence-electron chi connectivity index (χ0n) is 13.4. The van der Waals surface area contributed by atoms with Crippen LogP contribution in [-0.4, -0.2) is 16.7 Å². The molecule has 0 saturated carbocycles.